The van der Waals surface area contributed by atoms with Crippen molar-refractivity contribution >= 4 is 28.6 Å². The number of hydrogen-bond acceptors (Lipinski definition) is 5. The minimum absolute atomic E-state index is 0.0548. The average Bonchev–Trinajstić information content (AvgIpc) is 2.90. The lowest BCUT2D eigenvalue weighted by Gasteiger charge is -2.41. The number of fused-ring (bicyclic) bond motifs is 1. The molecule has 0 amide bonds. The summed E-state index contributed by atoms with van der Waals surface area (Å²) in [5, 5.41) is 9.89. The second-order valence-corrected chi connectivity index (χ2v) is 11.0. The fourth-order valence-electron chi connectivity index (χ4n) is 5.20. The molecule has 0 saturated carbocycles. The average molecular weight is 569 g/mol. The van der Waals surface area contributed by atoms with Gasteiger partial charge in [0.1, 0.15) is 23.6 Å². The molecule has 1 saturated heterocycles. The molecule has 1 fully saturated rings. The first-order valence-corrected chi connectivity index (χ1v) is 13.6. The van der Waals surface area contributed by atoms with Crippen molar-refractivity contribution in [2.45, 2.75) is 43.2 Å². The number of nitrogens with zero attached hydrogens (tertiary/aromatic N) is 2. The number of carboxylic acid groups (broad SMARTS) is 1. The van der Waals surface area contributed by atoms with Crippen molar-refractivity contribution in [2.75, 3.05) is 32.5 Å². The summed E-state index contributed by atoms with van der Waals surface area (Å²) in [5.74, 6) is -4.09. The van der Waals surface area contributed by atoms with E-state index in [4.69, 9.17) is 4.74 Å². The molecule has 0 unspecified atom stereocenters. The van der Waals surface area contributed by atoms with Crippen molar-refractivity contribution in [3.05, 3.63) is 65.4 Å². The van der Waals surface area contributed by atoms with Gasteiger partial charge in [0.05, 0.1) is 25.2 Å². The van der Waals surface area contributed by atoms with Crippen LogP contribution in [0.15, 0.2) is 41.4 Å². The highest BCUT2D eigenvalue weighted by molar-refractivity contribution is 7.99. The van der Waals surface area contributed by atoms with Crippen LogP contribution >= 0.6 is 11.8 Å². The van der Waals surface area contributed by atoms with E-state index >= 15 is 4.39 Å². The van der Waals surface area contributed by atoms with Gasteiger partial charge in [-0.25, -0.2) is 22.0 Å². The number of hydrogen-bond donors (Lipinski definition) is 1. The standard InChI is InChI=1S/C28H29F5N2O3S/c1-38-18-2-3-23-19(14-18)26(22(32)16-34-23)20(30)4-5-28(15-25(36)37)6-8-35(9-7-28)10-11-39-24-13-17(29)12-21(31)27(24)33/h2-3,12-14,16,20H,4-11,15H2,1H3,(H,36,37)/t20-/m0/s1. The molecule has 1 aliphatic rings. The first-order valence-electron chi connectivity index (χ1n) is 12.6. The van der Waals surface area contributed by atoms with Crippen LogP contribution in [0.4, 0.5) is 22.0 Å². The van der Waals surface area contributed by atoms with Crippen LogP contribution in [0.1, 0.15) is 43.8 Å². The smallest absolute Gasteiger partial charge is 0.303 e. The monoisotopic (exact) mass is 568 g/mol. The molecule has 0 radical (unpaired) electrons. The summed E-state index contributed by atoms with van der Waals surface area (Å²) in [5.41, 5.74) is -0.337. The molecule has 39 heavy (non-hydrogen) atoms. The number of ether oxygens (including phenoxy) is 1. The van der Waals surface area contributed by atoms with Gasteiger partial charge in [0.15, 0.2) is 11.6 Å². The van der Waals surface area contributed by atoms with Gasteiger partial charge in [-0.05, 0) is 68.5 Å². The molecule has 2 heterocycles. The van der Waals surface area contributed by atoms with Crippen LogP contribution in [0.5, 0.6) is 5.75 Å². The molecule has 5 nitrogen and oxygen atoms in total. The van der Waals surface area contributed by atoms with Gasteiger partial charge in [0.25, 0.3) is 0 Å². The highest BCUT2D eigenvalue weighted by atomic mass is 32.2. The normalized spacial score (nSPS) is 16.4. The summed E-state index contributed by atoms with van der Waals surface area (Å²) in [6, 6.07) is 6.28. The summed E-state index contributed by atoms with van der Waals surface area (Å²) >= 11 is 1.01. The summed E-state index contributed by atoms with van der Waals surface area (Å²) in [6.45, 7) is 1.58. The van der Waals surface area contributed by atoms with Crippen molar-refractivity contribution in [2.24, 2.45) is 5.41 Å². The van der Waals surface area contributed by atoms with Crippen molar-refractivity contribution < 1.29 is 36.6 Å². The van der Waals surface area contributed by atoms with E-state index in [-0.39, 0.29) is 29.7 Å². The predicted octanol–water partition coefficient (Wildman–Crippen LogP) is 6.94. The van der Waals surface area contributed by atoms with Crippen LogP contribution in [0.25, 0.3) is 10.9 Å². The molecule has 0 bridgehead atoms. The molecule has 210 valence electrons. The molecule has 11 heteroatoms. The summed E-state index contributed by atoms with van der Waals surface area (Å²) < 4.78 is 76.2. The fourth-order valence-corrected chi connectivity index (χ4v) is 6.19. The Bertz CT molecular complexity index is 1330. The van der Waals surface area contributed by atoms with Crippen molar-refractivity contribution in [3.8, 4) is 5.75 Å². The number of halogens is 5. The lowest BCUT2D eigenvalue weighted by Crippen LogP contribution is -2.42. The molecule has 0 spiro atoms. The maximum Gasteiger partial charge on any atom is 0.303 e. The number of carboxylic acids is 1. The SMILES string of the molecule is COc1ccc2ncc(F)c([C@@H](F)CCC3(CC(=O)O)CCN(CCSc4cc(F)cc(F)c4F)CC3)c2c1. The Morgan fingerprint density at radius 1 is 1.15 bits per heavy atom. The fraction of sp³-hybridized carbons (Fsp3) is 0.429. The Labute approximate surface area is 227 Å². The minimum Gasteiger partial charge on any atom is -0.497 e. The van der Waals surface area contributed by atoms with Gasteiger partial charge in [0, 0.05) is 34.2 Å². The molecule has 2 aromatic carbocycles. The van der Waals surface area contributed by atoms with Gasteiger partial charge in [0.2, 0.25) is 0 Å². The number of thioether (sulfide) groups is 1. The molecule has 4 rings (SSSR count). The quantitative estimate of drug-likeness (QED) is 0.154. The lowest BCUT2D eigenvalue weighted by atomic mass is 9.71. The van der Waals surface area contributed by atoms with Crippen LogP contribution in [0, 0.1) is 28.7 Å². The Morgan fingerprint density at radius 3 is 2.59 bits per heavy atom. The number of piperidine rings is 1. The Morgan fingerprint density at radius 2 is 1.90 bits per heavy atom. The topological polar surface area (TPSA) is 62.7 Å². The third-order valence-corrected chi connectivity index (χ3v) is 8.37. The van der Waals surface area contributed by atoms with Gasteiger partial charge in [-0.2, -0.15) is 0 Å². The Hall–Kier alpha value is -2.92. The number of methoxy groups -OCH3 is 1. The van der Waals surface area contributed by atoms with Crippen molar-refractivity contribution in [1.29, 1.82) is 0 Å². The third-order valence-electron chi connectivity index (χ3n) is 7.38. The van der Waals surface area contributed by atoms with Gasteiger partial charge in [-0.15, -0.1) is 11.8 Å². The maximum atomic E-state index is 15.6. The molecule has 1 aromatic heterocycles. The zero-order valence-electron chi connectivity index (χ0n) is 21.4. The second kappa shape index (κ2) is 12.5. The van der Waals surface area contributed by atoms with Crippen LogP contribution in [0.3, 0.4) is 0 Å². The van der Waals surface area contributed by atoms with E-state index in [0.717, 1.165) is 24.0 Å². The largest absolute Gasteiger partial charge is 0.497 e. The minimum atomic E-state index is -1.66. The number of rotatable bonds is 11. The second-order valence-electron chi connectivity index (χ2n) is 9.87. The number of alkyl halides is 1. The van der Waals surface area contributed by atoms with Gasteiger partial charge in [-0.1, -0.05) is 0 Å². The van der Waals surface area contributed by atoms with E-state index in [9.17, 15) is 27.5 Å². The van der Waals surface area contributed by atoms with Gasteiger partial charge >= 0.3 is 5.97 Å². The first-order chi connectivity index (χ1) is 18.6. The van der Waals surface area contributed by atoms with E-state index in [1.165, 1.54) is 7.11 Å². The lowest BCUT2D eigenvalue weighted by molar-refractivity contribution is -0.141. The van der Waals surface area contributed by atoms with E-state index < -0.39 is 40.8 Å². The summed E-state index contributed by atoms with van der Waals surface area (Å²) in [4.78, 5) is 17.7. The van der Waals surface area contributed by atoms with Crippen molar-refractivity contribution in [1.82, 2.24) is 9.88 Å². The molecule has 3 aromatic rings. The number of carbonyl (C=O) groups is 1. The van der Waals surface area contributed by atoms with E-state index in [0.29, 0.717) is 60.9 Å². The van der Waals surface area contributed by atoms with Gasteiger partial charge < -0.3 is 14.7 Å². The van der Waals surface area contributed by atoms with E-state index in [1.54, 1.807) is 18.2 Å². The molecule has 0 aliphatic carbocycles. The Kier molecular flexibility index (Phi) is 9.32. The predicted molar refractivity (Wildman–Crippen MR) is 139 cm³/mol. The molecule has 1 N–H and O–H groups in total. The zero-order chi connectivity index (χ0) is 28.2. The van der Waals surface area contributed by atoms with Crippen LogP contribution in [-0.2, 0) is 4.79 Å². The number of aromatic nitrogens is 1. The maximum absolute atomic E-state index is 15.6. The van der Waals surface area contributed by atoms with Crippen molar-refractivity contribution in [3.63, 3.8) is 0 Å². The summed E-state index contributed by atoms with van der Waals surface area (Å²) in [7, 11) is 1.46. The van der Waals surface area contributed by atoms with Crippen LogP contribution in [-0.4, -0.2) is 53.5 Å². The zero-order valence-corrected chi connectivity index (χ0v) is 22.2. The number of likely N-dealkylation sites (tertiary alicyclic amines) is 1. The Balaban J connectivity index is 1.39. The van der Waals surface area contributed by atoms with E-state index in [2.05, 4.69) is 9.88 Å². The number of pyridine rings is 1. The first kappa shape index (κ1) is 29.1. The van der Waals surface area contributed by atoms with E-state index in [1.807, 2.05) is 0 Å². The molecule has 1 aliphatic heterocycles. The number of aliphatic carboxylic acids is 1. The summed E-state index contributed by atoms with van der Waals surface area (Å²) in [6.07, 6.45) is 0.378. The molecular weight excluding hydrogens is 539 g/mol. The number of benzene rings is 2. The highest BCUT2D eigenvalue weighted by Gasteiger charge is 2.37. The third kappa shape index (κ3) is 7.00. The molecule has 1 atom stereocenters. The van der Waals surface area contributed by atoms with Crippen LogP contribution < -0.4 is 4.74 Å². The highest BCUT2D eigenvalue weighted by Crippen LogP contribution is 2.43. The van der Waals surface area contributed by atoms with Gasteiger partial charge in [-0.3, -0.25) is 9.78 Å². The van der Waals surface area contributed by atoms with Crippen LogP contribution in [0.2, 0.25) is 0 Å². The molecular formula is C28H29F5N2O3S.